The summed E-state index contributed by atoms with van der Waals surface area (Å²) >= 11 is 0. The molecule has 6 aromatic rings. The van der Waals surface area contributed by atoms with E-state index in [9.17, 15) is 0 Å². The molecule has 2 heterocycles. The van der Waals surface area contributed by atoms with Crippen molar-refractivity contribution < 1.29 is 9.13 Å². The molecule has 0 aliphatic rings. The van der Waals surface area contributed by atoms with Crippen LogP contribution in [0.3, 0.4) is 0 Å². The minimum Gasteiger partial charge on any atom is -0.232 e. The molecular formula is C41H46N4+2. The SMILES string of the molecule is Cc1cc(C)c(-[n+]2ccn(-c3cc(C(C)C)c(-n4cc[n+](C)c4-c4ccccc4C)c(C(C)C)c3)c2-c2ccccc2)c(C)c1. The Morgan fingerprint density at radius 3 is 1.78 bits per heavy atom. The van der Waals surface area contributed by atoms with Crippen molar-refractivity contribution in [1.82, 2.24) is 9.13 Å². The summed E-state index contributed by atoms with van der Waals surface area (Å²) in [6, 6.07) is 28.9. The summed E-state index contributed by atoms with van der Waals surface area (Å²) in [5, 5.41) is 0. The summed E-state index contributed by atoms with van der Waals surface area (Å²) in [6.07, 6.45) is 8.88. The molecule has 45 heavy (non-hydrogen) atoms. The smallest absolute Gasteiger partial charge is 0.232 e. The molecule has 0 unspecified atom stereocenters. The highest BCUT2D eigenvalue weighted by Gasteiger charge is 2.31. The molecule has 0 spiro atoms. The van der Waals surface area contributed by atoms with E-state index in [0.717, 1.165) is 5.82 Å². The fourth-order valence-electron chi connectivity index (χ4n) is 6.96. The van der Waals surface area contributed by atoms with E-state index in [4.69, 9.17) is 0 Å². The Bertz CT molecular complexity index is 1950. The van der Waals surface area contributed by atoms with Crippen LogP contribution in [0.15, 0.2) is 104 Å². The van der Waals surface area contributed by atoms with Crippen LogP contribution in [-0.4, -0.2) is 9.13 Å². The van der Waals surface area contributed by atoms with Gasteiger partial charge in [-0.2, -0.15) is 13.7 Å². The maximum atomic E-state index is 2.42. The maximum Gasteiger partial charge on any atom is 0.299 e. The number of benzene rings is 4. The second-order valence-electron chi connectivity index (χ2n) is 13.2. The quantitative estimate of drug-likeness (QED) is 0.164. The molecule has 0 fully saturated rings. The number of imidazole rings is 2. The lowest BCUT2D eigenvalue weighted by Crippen LogP contribution is -2.34. The van der Waals surface area contributed by atoms with E-state index in [1.54, 1.807) is 0 Å². The van der Waals surface area contributed by atoms with Gasteiger partial charge in [-0.05, 0) is 86.6 Å². The van der Waals surface area contributed by atoms with Crippen molar-refractivity contribution >= 4 is 0 Å². The Balaban J connectivity index is 1.64. The van der Waals surface area contributed by atoms with Gasteiger partial charge in [0.2, 0.25) is 0 Å². The van der Waals surface area contributed by atoms with Crippen LogP contribution in [0.2, 0.25) is 0 Å². The van der Waals surface area contributed by atoms with Crippen LogP contribution in [0, 0.1) is 27.7 Å². The van der Waals surface area contributed by atoms with Gasteiger partial charge in [0, 0.05) is 11.1 Å². The predicted octanol–water partition coefficient (Wildman–Crippen LogP) is 9.18. The van der Waals surface area contributed by atoms with Gasteiger partial charge in [0.25, 0.3) is 11.6 Å². The summed E-state index contributed by atoms with van der Waals surface area (Å²) < 4.78 is 9.43. The molecule has 0 atom stereocenters. The predicted molar refractivity (Wildman–Crippen MR) is 186 cm³/mol. The first-order valence-electron chi connectivity index (χ1n) is 16.1. The van der Waals surface area contributed by atoms with Gasteiger partial charge >= 0.3 is 0 Å². The molecule has 0 saturated heterocycles. The van der Waals surface area contributed by atoms with Crippen molar-refractivity contribution in [2.45, 2.75) is 67.2 Å². The van der Waals surface area contributed by atoms with Gasteiger partial charge in [-0.1, -0.05) is 81.8 Å². The van der Waals surface area contributed by atoms with E-state index in [2.05, 4.69) is 184 Å². The van der Waals surface area contributed by atoms with Gasteiger partial charge in [-0.3, -0.25) is 0 Å². The normalized spacial score (nSPS) is 11.6. The first kappa shape index (κ1) is 30.3. The zero-order valence-corrected chi connectivity index (χ0v) is 28.3. The highest BCUT2D eigenvalue weighted by Crippen LogP contribution is 2.37. The average Bonchev–Trinajstić information content (AvgIpc) is 3.60. The summed E-state index contributed by atoms with van der Waals surface area (Å²) in [7, 11) is 2.15. The van der Waals surface area contributed by atoms with Crippen LogP contribution in [-0.2, 0) is 7.05 Å². The third-order valence-electron chi connectivity index (χ3n) is 9.03. The molecule has 0 radical (unpaired) electrons. The van der Waals surface area contributed by atoms with Crippen LogP contribution in [0.1, 0.15) is 72.9 Å². The number of aryl methyl sites for hydroxylation is 5. The number of rotatable bonds is 7. The van der Waals surface area contributed by atoms with Crippen LogP contribution in [0.25, 0.3) is 39.8 Å². The van der Waals surface area contributed by atoms with E-state index in [1.807, 2.05) is 0 Å². The second-order valence-corrected chi connectivity index (χ2v) is 13.2. The molecule has 0 saturated carbocycles. The van der Waals surface area contributed by atoms with E-state index in [0.29, 0.717) is 11.8 Å². The van der Waals surface area contributed by atoms with Crippen LogP contribution < -0.4 is 9.13 Å². The Morgan fingerprint density at radius 2 is 1.18 bits per heavy atom. The Hall–Kier alpha value is -4.70. The van der Waals surface area contributed by atoms with E-state index >= 15 is 0 Å². The van der Waals surface area contributed by atoms with Gasteiger partial charge < -0.3 is 0 Å². The third-order valence-corrected chi connectivity index (χ3v) is 9.03. The van der Waals surface area contributed by atoms with Gasteiger partial charge in [-0.15, -0.1) is 0 Å². The topological polar surface area (TPSA) is 17.6 Å². The molecule has 4 aromatic carbocycles. The van der Waals surface area contributed by atoms with Gasteiger partial charge in [0.1, 0.15) is 41.8 Å². The minimum absolute atomic E-state index is 0.319. The number of hydrogen-bond acceptors (Lipinski definition) is 0. The highest BCUT2D eigenvalue weighted by atomic mass is 15.2. The minimum atomic E-state index is 0.319. The molecule has 4 heteroatoms. The number of hydrogen-bond donors (Lipinski definition) is 0. The van der Waals surface area contributed by atoms with Crippen molar-refractivity contribution in [3.05, 3.63) is 137 Å². The number of aromatic nitrogens is 4. The molecule has 2 aromatic heterocycles. The van der Waals surface area contributed by atoms with Crippen LogP contribution in [0.5, 0.6) is 0 Å². The molecule has 0 aliphatic heterocycles. The van der Waals surface area contributed by atoms with E-state index in [1.165, 1.54) is 67.4 Å². The van der Waals surface area contributed by atoms with Crippen molar-refractivity contribution in [3.63, 3.8) is 0 Å². The fourth-order valence-corrected chi connectivity index (χ4v) is 6.96. The zero-order valence-electron chi connectivity index (χ0n) is 28.3. The lowest BCUT2D eigenvalue weighted by molar-refractivity contribution is -0.659. The lowest BCUT2D eigenvalue weighted by Gasteiger charge is -2.20. The highest BCUT2D eigenvalue weighted by molar-refractivity contribution is 5.66. The maximum absolute atomic E-state index is 2.42. The Morgan fingerprint density at radius 1 is 0.600 bits per heavy atom. The van der Waals surface area contributed by atoms with Gasteiger partial charge in [0.15, 0.2) is 0 Å². The summed E-state index contributed by atoms with van der Waals surface area (Å²) in [5.74, 6) is 2.98. The largest absolute Gasteiger partial charge is 0.299 e. The molecule has 228 valence electrons. The zero-order chi connectivity index (χ0) is 32.0. The molecule has 0 aliphatic carbocycles. The Labute approximate surface area is 268 Å². The van der Waals surface area contributed by atoms with Crippen LogP contribution in [0.4, 0.5) is 0 Å². The third kappa shape index (κ3) is 5.44. The standard InChI is InChI=1S/C41H46N4/c1-27(2)36-25-34(26-37(28(3)4)39(36)45-20-19-42(9)41(45)35-18-14-13-15-30(35)6)43-21-22-44(40(43)33-16-11-10-12-17-33)38-31(7)23-29(5)24-32(38)8/h10-28H,1-9H3/q+2. The number of nitrogens with zero attached hydrogens (tertiary/aromatic N) is 4. The second kappa shape index (κ2) is 12.0. The van der Waals surface area contributed by atoms with Gasteiger partial charge in [0.05, 0.1) is 18.2 Å². The summed E-state index contributed by atoms with van der Waals surface area (Å²) in [5.41, 5.74) is 13.9. The van der Waals surface area contributed by atoms with E-state index < -0.39 is 0 Å². The molecular weight excluding hydrogens is 548 g/mol. The van der Waals surface area contributed by atoms with E-state index in [-0.39, 0.29) is 0 Å². The lowest BCUT2D eigenvalue weighted by atomic mass is 9.91. The summed E-state index contributed by atoms with van der Waals surface area (Å²) in [4.78, 5) is 0. The fraction of sp³-hybridized carbons (Fsp3) is 0.268. The molecule has 6 rings (SSSR count). The average molecular weight is 595 g/mol. The van der Waals surface area contributed by atoms with Crippen molar-refractivity contribution in [2.75, 3.05) is 0 Å². The molecule has 0 amide bonds. The van der Waals surface area contributed by atoms with Crippen molar-refractivity contribution in [3.8, 4) is 39.8 Å². The van der Waals surface area contributed by atoms with Crippen molar-refractivity contribution in [2.24, 2.45) is 7.05 Å². The monoisotopic (exact) mass is 594 g/mol. The van der Waals surface area contributed by atoms with Crippen molar-refractivity contribution in [1.29, 1.82) is 0 Å². The first-order chi connectivity index (χ1) is 21.6. The Kier molecular flexibility index (Phi) is 8.09. The molecule has 4 nitrogen and oxygen atoms in total. The van der Waals surface area contributed by atoms with Crippen LogP contribution >= 0.6 is 0 Å². The molecule has 0 bridgehead atoms. The van der Waals surface area contributed by atoms with Gasteiger partial charge in [-0.25, -0.2) is 4.57 Å². The summed E-state index contributed by atoms with van der Waals surface area (Å²) in [6.45, 7) is 18.1. The first-order valence-corrected chi connectivity index (χ1v) is 16.1. The molecule has 0 N–H and O–H groups in total.